The maximum Gasteiger partial charge on any atom is 0.306 e. The van der Waals surface area contributed by atoms with E-state index in [1.165, 1.54) is 77.0 Å². The second kappa shape index (κ2) is 24.9. The Balaban J connectivity index is -0.000000844. The van der Waals surface area contributed by atoms with E-state index in [0.29, 0.717) is 6.42 Å². The summed E-state index contributed by atoms with van der Waals surface area (Å²) < 4.78 is 5.12. The summed E-state index contributed by atoms with van der Waals surface area (Å²) in [6.07, 6.45) is 18.2. The van der Waals surface area contributed by atoms with Gasteiger partial charge < -0.3 is 15.3 Å². The highest BCUT2D eigenvalue weighted by atomic mass is 16.5. The van der Waals surface area contributed by atoms with Gasteiger partial charge in [-0.05, 0) is 20.3 Å². The number of rotatable bonds is 16. The molecule has 0 atom stereocenters. The Bertz CT molecular complexity index is 316. The minimum Gasteiger partial charge on any atom is -0.481 e. The lowest BCUT2D eigenvalue weighted by atomic mass is 10.0. The lowest BCUT2D eigenvalue weighted by Crippen LogP contribution is -2.10. The molecule has 0 aliphatic carbocycles. The summed E-state index contributed by atoms with van der Waals surface area (Å²) in [5.74, 6) is -0.780. The Labute approximate surface area is 167 Å². The summed E-state index contributed by atoms with van der Waals surface area (Å²) in [5.41, 5.74) is 0. The lowest BCUT2D eigenvalue weighted by Gasteiger charge is -2.07. The van der Waals surface area contributed by atoms with Gasteiger partial charge in [0.1, 0.15) is 0 Å². The van der Waals surface area contributed by atoms with Crippen LogP contribution >= 0.6 is 0 Å². The van der Waals surface area contributed by atoms with Gasteiger partial charge in [0.2, 0.25) is 0 Å². The molecule has 0 aromatic rings. The number of aliphatic carboxylic acids is 1. The van der Waals surface area contributed by atoms with Crippen molar-refractivity contribution in [3.63, 3.8) is 0 Å². The topological polar surface area (TPSA) is 95.1 Å². The molecule has 5 heteroatoms. The molecular formula is C22H46O5. The third kappa shape index (κ3) is 33.0. The van der Waals surface area contributed by atoms with Crippen LogP contribution in [0.3, 0.4) is 0 Å². The number of carboxylic acids is 1. The van der Waals surface area contributed by atoms with Gasteiger partial charge in [-0.2, -0.15) is 0 Å². The highest BCUT2D eigenvalue weighted by molar-refractivity contribution is 5.69. The molecule has 27 heavy (non-hydrogen) atoms. The first-order valence-electron chi connectivity index (χ1n) is 10.8. The van der Waals surface area contributed by atoms with Gasteiger partial charge >= 0.3 is 11.9 Å². The molecule has 0 aliphatic heterocycles. The lowest BCUT2D eigenvalue weighted by molar-refractivity contribution is -0.147. The standard InChI is InChI=1S/C19H38O2.C3H6O2.H2O/c1-4-5-6-7-8-9-10-11-12-13-14-15-16-17-19(20)21-18(2)3;1-2-3(4)5;/h18H,4-17H2,1-3H3;2H2,1H3,(H,4,5);1H2. The molecule has 0 fully saturated rings. The van der Waals surface area contributed by atoms with Crippen LogP contribution in [0.15, 0.2) is 0 Å². The Hall–Kier alpha value is -1.10. The van der Waals surface area contributed by atoms with E-state index in [9.17, 15) is 9.59 Å². The molecule has 0 aromatic heterocycles. The van der Waals surface area contributed by atoms with Crippen molar-refractivity contribution >= 4 is 11.9 Å². The summed E-state index contributed by atoms with van der Waals surface area (Å²) >= 11 is 0. The van der Waals surface area contributed by atoms with E-state index in [1.54, 1.807) is 6.92 Å². The molecule has 0 saturated carbocycles. The second-order valence-corrected chi connectivity index (χ2v) is 7.28. The molecule has 0 aliphatic rings. The largest absolute Gasteiger partial charge is 0.481 e. The number of esters is 1. The van der Waals surface area contributed by atoms with Crippen molar-refractivity contribution in [2.75, 3.05) is 0 Å². The van der Waals surface area contributed by atoms with Gasteiger partial charge in [-0.3, -0.25) is 9.59 Å². The summed E-state index contributed by atoms with van der Waals surface area (Å²) in [5, 5.41) is 7.72. The number of carbonyl (C=O) groups is 2. The van der Waals surface area contributed by atoms with Crippen LogP contribution in [-0.2, 0) is 14.3 Å². The zero-order valence-electron chi connectivity index (χ0n) is 18.4. The van der Waals surface area contributed by atoms with Crippen LogP contribution in [0, 0.1) is 0 Å². The average molecular weight is 391 g/mol. The predicted molar refractivity (Wildman–Crippen MR) is 113 cm³/mol. The van der Waals surface area contributed by atoms with Crippen LogP contribution < -0.4 is 0 Å². The molecule has 3 N–H and O–H groups in total. The molecule has 5 nitrogen and oxygen atoms in total. The van der Waals surface area contributed by atoms with Gasteiger partial charge in [0, 0.05) is 12.8 Å². The smallest absolute Gasteiger partial charge is 0.306 e. The molecule has 0 spiro atoms. The van der Waals surface area contributed by atoms with Gasteiger partial charge in [0.05, 0.1) is 6.10 Å². The van der Waals surface area contributed by atoms with Crippen LogP contribution in [0.2, 0.25) is 0 Å². The molecule has 0 amide bonds. The first-order chi connectivity index (χ1) is 12.4. The minimum atomic E-state index is -0.745. The molecule has 0 bridgehead atoms. The van der Waals surface area contributed by atoms with E-state index >= 15 is 0 Å². The van der Waals surface area contributed by atoms with Crippen molar-refractivity contribution in [2.24, 2.45) is 0 Å². The molecule has 0 unspecified atom stereocenters. The van der Waals surface area contributed by atoms with Crippen molar-refractivity contribution in [1.82, 2.24) is 0 Å². The normalized spacial score (nSPS) is 9.96. The van der Waals surface area contributed by atoms with E-state index in [1.807, 2.05) is 13.8 Å². The monoisotopic (exact) mass is 390 g/mol. The Kier molecular flexibility index (Phi) is 28.2. The van der Waals surface area contributed by atoms with Crippen molar-refractivity contribution in [1.29, 1.82) is 0 Å². The fourth-order valence-corrected chi connectivity index (χ4v) is 2.61. The van der Waals surface area contributed by atoms with Crippen molar-refractivity contribution in [2.45, 2.75) is 130 Å². The van der Waals surface area contributed by atoms with E-state index in [4.69, 9.17) is 9.84 Å². The number of unbranched alkanes of at least 4 members (excludes halogenated alkanes) is 12. The van der Waals surface area contributed by atoms with E-state index in [0.717, 1.165) is 6.42 Å². The molecule has 0 rings (SSSR count). The maximum atomic E-state index is 11.3. The Morgan fingerprint density at radius 3 is 1.37 bits per heavy atom. The van der Waals surface area contributed by atoms with Crippen LogP contribution in [0.1, 0.15) is 124 Å². The van der Waals surface area contributed by atoms with Gasteiger partial charge in [0.15, 0.2) is 0 Å². The van der Waals surface area contributed by atoms with Crippen molar-refractivity contribution in [3.05, 3.63) is 0 Å². The van der Waals surface area contributed by atoms with Crippen LogP contribution in [0.25, 0.3) is 0 Å². The minimum absolute atomic E-state index is 0. The number of hydrogen-bond donors (Lipinski definition) is 1. The van der Waals surface area contributed by atoms with Gasteiger partial charge in [0.25, 0.3) is 0 Å². The SMILES string of the molecule is CCC(=O)O.CCCCCCCCCCCCCCCC(=O)OC(C)C.O. The number of carbonyl (C=O) groups excluding carboxylic acids is 1. The van der Waals surface area contributed by atoms with E-state index < -0.39 is 5.97 Å². The highest BCUT2D eigenvalue weighted by Gasteiger charge is 2.04. The zero-order valence-corrected chi connectivity index (χ0v) is 18.4. The Morgan fingerprint density at radius 2 is 1.07 bits per heavy atom. The molecule has 0 saturated heterocycles. The third-order valence-corrected chi connectivity index (χ3v) is 4.15. The fraction of sp³-hybridized carbons (Fsp3) is 0.909. The third-order valence-electron chi connectivity index (χ3n) is 4.15. The summed E-state index contributed by atoms with van der Waals surface area (Å²) in [7, 11) is 0. The summed E-state index contributed by atoms with van der Waals surface area (Å²) in [4.78, 5) is 20.7. The first kappa shape index (κ1) is 30.6. The van der Waals surface area contributed by atoms with Crippen molar-refractivity contribution < 1.29 is 24.9 Å². The molecule has 164 valence electrons. The van der Waals surface area contributed by atoms with Gasteiger partial charge in [-0.1, -0.05) is 90.9 Å². The summed E-state index contributed by atoms with van der Waals surface area (Å²) in [6.45, 7) is 7.68. The van der Waals surface area contributed by atoms with Crippen molar-refractivity contribution in [3.8, 4) is 0 Å². The average Bonchev–Trinajstić information content (AvgIpc) is 2.58. The fourth-order valence-electron chi connectivity index (χ4n) is 2.61. The van der Waals surface area contributed by atoms with Crippen LogP contribution in [-0.4, -0.2) is 28.6 Å². The van der Waals surface area contributed by atoms with E-state index in [-0.39, 0.29) is 24.0 Å². The van der Waals surface area contributed by atoms with Gasteiger partial charge in [-0.25, -0.2) is 0 Å². The Morgan fingerprint density at radius 1 is 0.741 bits per heavy atom. The quantitative estimate of drug-likeness (QED) is 0.255. The molecule has 0 heterocycles. The number of ether oxygens (including phenoxy) is 1. The van der Waals surface area contributed by atoms with Crippen LogP contribution in [0.5, 0.6) is 0 Å². The zero-order chi connectivity index (χ0) is 20.0. The predicted octanol–water partition coefficient (Wildman–Crippen LogP) is 6.08. The maximum absolute atomic E-state index is 11.3. The first-order valence-corrected chi connectivity index (χ1v) is 10.8. The van der Waals surface area contributed by atoms with Gasteiger partial charge in [-0.15, -0.1) is 0 Å². The van der Waals surface area contributed by atoms with Crippen LogP contribution in [0.4, 0.5) is 0 Å². The van der Waals surface area contributed by atoms with E-state index in [2.05, 4.69) is 6.92 Å². The number of hydrogen-bond acceptors (Lipinski definition) is 3. The summed E-state index contributed by atoms with van der Waals surface area (Å²) in [6, 6.07) is 0. The second-order valence-electron chi connectivity index (χ2n) is 7.28. The molecule has 0 radical (unpaired) electrons. The highest BCUT2D eigenvalue weighted by Crippen LogP contribution is 2.13. The molecule has 0 aromatic carbocycles. The number of carboxylic acid groups (broad SMARTS) is 1. The molecular weight excluding hydrogens is 344 g/mol.